The Bertz CT molecular complexity index is 677. The summed E-state index contributed by atoms with van der Waals surface area (Å²) in [6, 6.07) is 8.14. The number of hydrogen-bond acceptors (Lipinski definition) is 2. The second-order valence-electron chi connectivity index (χ2n) is 5.54. The molecule has 2 aromatic rings. The molecule has 5 nitrogen and oxygen atoms in total. The Morgan fingerprint density at radius 3 is 2.86 bits per heavy atom. The lowest BCUT2D eigenvalue weighted by Crippen LogP contribution is -2.27. The highest BCUT2D eigenvalue weighted by molar-refractivity contribution is 5.89. The van der Waals surface area contributed by atoms with E-state index >= 15 is 0 Å². The molecule has 0 unspecified atom stereocenters. The maximum absolute atomic E-state index is 11.7. The van der Waals surface area contributed by atoms with Gasteiger partial charge in [-0.05, 0) is 30.9 Å². The van der Waals surface area contributed by atoms with Crippen LogP contribution in [-0.2, 0) is 16.0 Å². The van der Waals surface area contributed by atoms with Crippen LogP contribution in [0.3, 0.4) is 0 Å². The third kappa shape index (κ3) is 2.91. The average molecular weight is 286 g/mol. The molecule has 5 heteroatoms. The minimum absolute atomic E-state index is 0.124. The first-order valence-corrected chi connectivity index (χ1v) is 7.22. The fraction of sp³-hybridized carbons (Fsp3) is 0.375. The number of rotatable bonds is 6. The van der Waals surface area contributed by atoms with Crippen LogP contribution in [0.4, 0.5) is 0 Å². The lowest BCUT2D eigenvalue weighted by molar-refractivity contribution is -0.140. The van der Waals surface area contributed by atoms with Gasteiger partial charge in [0.15, 0.2) is 0 Å². The van der Waals surface area contributed by atoms with Crippen LogP contribution in [0.2, 0.25) is 0 Å². The van der Waals surface area contributed by atoms with Crippen LogP contribution >= 0.6 is 0 Å². The molecular weight excluding hydrogens is 268 g/mol. The van der Waals surface area contributed by atoms with Gasteiger partial charge < -0.3 is 15.4 Å². The fourth-order valence-corrected chi connectivity index (χ4v) is 2.72. The van der Waals surface area contributed by atoms with Gasteiger partial charge in [-0.15, -0.1) is 0 Å². The fourth-order valence-electron chi connectivity index (χ4n) is 2.72. The highest BCUT2D eigenvalue weighted by Gasteiger charge is 2.48. The third-order valence-electron chi connectivity index (χ3n) is 4.04. The molecule has 2 atom stereocenters. The number of para-hydroxylation sites is 1. The molecule has 1 amide bonds. The Labute approximate surface area is 122 Å². The number of benzene rings is 1. The number of fused-ring (bicyclic) bond motifs is 1. The quantitative estimate of drug-likeness (QED) is 0.710. The topological polar surface area (TPSA) is 82.2 Å². The molecular formula is C16H18N2O3. The molecule has 1 aromatic heterocycles. The van der Waals surface area contributed by atoms with E-state index in [-0.39, 0.29) is 11.8 Å². The van der Waals surface area contributed by atoms with Gasteiger partial charge in [0.05, 0.1) is 11.8 Å². The monoisotopic (exact) mass is 286 g/mol. The van der Waals surface area contributed by atoms with Crippen molar-refractivity contribution in [2.75, 3.05) is 6.54 Å². The number of aromatic amines is 1. The molecule has 0 spiro atoms. The van der Waals surface area contributed by atoms with Crippen molar-refractivity contribution in [2.24, 2.45) is 11.8 Å². The van der Waals surface area contributed by atoms with E-state index in [1.54, 1.807) is 0 Å². The number of hydrogen-bond donors (Lipinski definition) is 3. The van der Waals surface area contributed by atoms with E-state index in [4.69, 9.17) is 5.11 Å². The Balaban J connectivity index is 1.45. The molecule has 3 rings (SSSR count). The van der Waals surface area contributed by atoms with Crippen LogP contribution in [0, 0.1) is 11.8 Å². The molecule has 0 aliphatic heterocycles. The Morgan fingerprint density at radius 2 is 2.10 bits per heavy atom. The zero-order valence-corrected chi connectivity index (χ0v) is 11.6. The minimum atomic E-state index is -0.867. The summed E-state index contributed by atoms with van der Waals surface area (Å²) < 4.78 is 0. The minimum Gasteiger partial charge on any atom is -0.481 e. The number of H-pyrrole nitrogens is 1. The predicted octanol–water partition coefficient (Wildman–Crippen LogP) is 1.94. The predicted molar refractivity (Wildman–Crippen MR) is 78.9 cm³/mol. The van der Waals surface area contributed by atoms with Crippen molar-refractivity contribution >= 4 is 22.8 Å². The summed E-state index contributed by atoms with van der Waals surface area (Å²) in [5.41, 5.74) is 2.37. The van der Waals surface area contributed by atoms with Crippen LogP contribution in [0.15, 0.2) is 30.5 Å². The number of carboxylic acid groups (broad SMARTS) is 1. The summed E-state index contributed by atoms with van der Waals surface area (Å²) in [4.78, 5) is 25.6. The second-order valence-corrected chi connectivity index (χ2v) is 5.54. The van der Waals surface area contributed by atoms with E-state index in [0.29, 0.717) is 13.0 Å². The molecule has 110 valence electrons. The molecule has 1 aliphatic carbocycles. The largest absolute Gasteiger partial charge is 0.481 e. The lowest BCUT2D eigenvalue weighted by Gasteiger charge is -2.04. The molecule has 3 N–H and O–H groups in total. The summed E-state index contributed by atoms with van der Waals surface area (Å²) >= 11 is 0. The lowest BCUT2D eigenvalue weighted by atomic mass is 10.1. The van der Waals surface area contributed by atoms with Crippen molar-refractivity contribution in [1.82, 2.24) is 10.3 Å². The molecule has 1 aromatic carbocycles. The molecule has 1 heterocycles. The molecule has 0 radical (unpaired) electrons. The number of carboxylic acids is 1. The van der Waals surface area contributed by atoms with Gasteiger partial charge in [0, 0.05) is 23.6 Å². The van der Waals surface area contributed by atoms with E-state index < -0.39 is 11.9 Å². The van der Waals surface area contributed by atoms with Gasteiger partial charge in [0.2, 0.25) is 5.91 Å². The number of carbonyl (C=O) groups is 2. The maximum atomic E-state index is 11.7. The molecule has 21 heavy (non-hydrogen) atoms. The molecule has 1 saturated carbocycles. The highest BCUT2D eigenvalue weighted by atomic mass is 16.4. The number of aromatic nitrogens is 1. The van der Waals surface area contributed by atoms with Crippen molar-refractivity contribution in [3.63, 3.8) is 0 Å². The summed E-state index contributed by atoms with van der Waals surface area (Å²) in [6.07, 6.45) is 4.22. The van der Waals surface area contributed by atoms with Crippen LogP contribution in [0.1, 0.15) is 18.4 Å². The number of carbonyl (C=O) groups excluding carboxylic acids is 1. The summed E-state index contributed by atoms with van der Waals surface area (Å²) in [5.74, 6) is -1.79. The Morgan fingerprint density at radius 1 is 1.29 bits per heavy atom. The smallest absolute Gasteiger partial charge is 0.307 e. The number of aliphatic carboxylic acids is 1. The third-order valence-corrected chi connectivity index (χ3v) is 4.04. The second kappa shape index (κ2) is 5.60. The molecule has 0 saturated heterocycles. The SMILES string of the molecule is O=C(O)[C@@H]1C[C@H]1C(=O)NCCCc1c[nH]c2ccccc12. The number of amides is 1. The first-order chi connectivity index (χ1) is 10.2. The van der Waals surface area contributed by atoms with E-state index in [0.717, 1.165) is 18.4 Å². The molecule has 1 aliphatic rings. The van der Waals surface area contributed by atoms with Gasteiger partial charge >= 0.3 is 5.97 Å². The van der Waals surface area contributed by atoms with Crippen LogP contribution in [0.5, 0.6) is 0 Å². The van der Waals surface area contributed by atoms with Crippen molar-refractivity contribution in [1.29, 1.82) is 0 Å². The summed E-state index contributed by atoms with van der Waals surface area (Å²) in [5, 5.41) is 12.8. The Hall–Kier alpha value is -2.30. The van der Waals surface area contributed by atoms with Gasteiger partial charge in [-0.1, -0.05) is 18.2 Å². The van der Waals surface area contributed by atoms with E-state index in [1.165, 1.54) is 10.9 Å². The van der Waals surface area contributed by atoms with Gasteiger partial charge in [-0.3, -0.25) is 9.59 Å². The van der Waals surface area contributed by atoms with E-state index in [2.05, 4.69) is 16.4 Å². The summed E-state index contributed by atoms with van der Waals surface area (Å²) in [7, 11) is 0. The van der Waals surface area contributed by atoms with Crippen molar-refractivity contribution in [3.8, 4) is 0 Å². The summed E-state index contributed by atoms with van der Waals surface area (Å²) in [6.45, 7) is 0.585. The standard InChI is InChI=1S/C16H18N2O3/c19-15(12-8-13(12)16(20)21)17-7-3-4-10-9-18-14-6-2-1-5-11(10)14/h1-2,5-6,9,12-13,18H,3-4,7-8H2,(H,17,19)(H,20,21)/t12-,13-/m1/s1. The zero-order valence-electron chi connectivity index (χ0n) is 11.6. The van der Waals surface area contributed by atoms with E-state index in [1.807, 2.05) is 24.4 Å². The molecule has 0 bridgehead atoms. The average Bonchev–Trinajstić information content (AvgIpc) is 3.19. The van der Waals surface area contributed by atoms with Gasteiger partial charge in [-0.2, -0.15) is 0 Å². The van der Waals surface area contributed by atoms with Crippen molar-refractivity contribution in [3.05, 3.63) is 36.0 Å². The first-order valence-electron chi connectivity index (χ1n) is 7.22. The first kappa shape index (κ1) is 13.7. The normalized spacial score (nSPS) is 20.4. The maximum Gasteiger partial charge on any atom is 0.307 e. The van der Waals surface area contributed by atoms with E-state index in [9.17, 15) is 9.59 Å². The highest BCUT2D eigenvalue weighted by Crippen LogP contribution is 2.38. The van der Waals surface area contributed by atoms with Crippen LogP contribution in [0.25, 0.3) is 10.9 Å². The number of aryl methyl sites for hydroxylation is 1. The zero-order chi connectivity index (χ0) is 14.8. The Kier molecular flexibility index (Phi) is 3.64. The van der Waals surface area contributed by atoms with Crippen molar-refractivity contribution in [2.45, 2.75) is 19.3 Å². The van der Waals surface area contributed by atoms with Gasteiger partial charge in [0.1, 0.15) is 0 Å². The van der Waals surface area contributed by atoms with Gasteiger partial charge in [0.25, 0.3) is 0 Å². The molecule has 1 fully saturated rings. The van der Waals surface area contributed by atoms with Crippen LogP contribution in [-0.4, -0.2) is 28.5 Å². The van der Waals surface area contributed by atoms with Crippen LogP contribution < -0.4 is 5.32 Å². The number of nitrogens with one attached hydrogen (secondary N) is 2. The van der Waals surface area contributed by atoms with Gasteiger partial charge in [-0.25, -0.2) is 0 Å². The van der Waals surface area contributed by atoms with Crippen molar-refractivity contribution < 1.29 is 14.7 Å².